The van der Waals surface area contributed by atoms with Crippen LogP contribution in [0.2, 0.25) is 0 Å². The third-order valence-corrected chi connectivity index (χ3v) is 2.49. The van der Waals surface area contributed by atoms with Gasteiger partial charge in [-0.2, -0.15) is 0 Å². The first-order chi connectivity index (χ1) is 7.81. The van der Waals surface area contributed by atoms with Crippen LogP contribution >= 0.6 is 0 Å². The van der Waals surface area contributed by atoms with Gasteiger partial charge in [-0.25, -0.2) is 4.39 Å². The summed E-state index contributed by atoms with van der Waals surface area (Å²) in [6.07, 6.45) is 2.81. The van der Waals surface area contributed by atoms with E-state index in [0.29, 0.717) is 6.54 Å². The minimum Gasteiger partial charge on any atom is -0.313 e. The van der Waals surface area contributed by atoms with Gasteiger partial charge in [0.15, 0.2) is 0 Å². The van der Waals surface area contributed by atoms with Gasteiger partial charge in [0.05, 0.1) is 5.52 Å². The first kappa shape index (κ1) is 11.0. The fourth-order valence-corrected chi connectivity index (χ4v) is 1.76. The van der Waals surface area contributed by atoms with Crippen molar-refractivity contribution in [2.24, 2.45) is 0 Å². The predicted molar refractivity (Wildman–Crippen MR) is 63.7 cm³/mol. The lowest BCUT2D eigenvalue weighted by molar-refractivity contribution is 0.622. The van der Waals surface area contributed by atoms with E-state index in [4.69, 9.17) is 0 Å². The van der Waals surface area contributed by atoms with Gasteiger partial charge in [-0.05, 0) is 36.7 Å². The molecule has 0 atom stereocenters. The zero-order chi connectivity index (χ0) is 11.4. The van der Waals surface area contributed by atoms with Crippen LogP contribution in [0.5, 0.6) is 0 Å². The number of benzene rings is 1. The standard InChI is InChI=1S/C13H15FN2/c1-2-5-15-9-11-8-12(14)7-10-4-3-6-16-13(10)11/h3-4,6-8,15H,2,5,9H2,1H3. The molecule has 0 fully saturated rings. The van der Waals surface area contributed by atoms with E-state index in [9.17, 15) is 4.39 Å². The van der Waals surface area contributed by atoms with Crippen molar-refractivity contribution in [3.8, 4) is 0 Å². The summed E-state index contributed by atoms with van der Waals surface area (Å²) >= 11 is 0. The molecule has 2 aromatic rings. The second kappa shape index (κ2) is 5.03. The van der Waals surface area contributed by atoms with Crippen LogP contribution in [0.25, 0.3) is 10.9 Å². The third-order valence-electron chi connectivity index (χ3n) is 2.49. The van der Waals surface area contributed by atoms with E-state index < -0.39 is 0 Å². The van der Waals surface area contributed by atoms with Crippen molar-refractivity contribution in [2.75, 3.05) is 6.54 Å². The number of aromatic nitrogens is 1. The van der Waals surface area contributed by atoms with Gasteiger partial charge in [0.2, 0.25) is 0 Å². The number of hydrogen-bond donors (Lipinski definition) is 1. The van der Waals surface area contributed by atoms with Crippen molar-refractivity contribution >= 4 is 10.9 Å². The average molecular weight is 218 g/mol. The number of halogens is 1. The average Bonchev–Trinajstić information content (AvgIpc) is 2.29. The Morgan fingerprint density at radius 2 is 2.25 bits per heavy atom. The summed E-state index contributed by atoms with van der Waals surface area (Å²) < 4.78 is 13.4. The van der Waals surface area contributed by atoms with E-state index in [1.54, 1.807) is 12.3 Å². The molecule has 0 spiro atoms. The highest BCUT2D eigenvalue weighted by atomic mass is 19.1. The maximum Gasteiger partial charge on any atom is 0.124 e. The van der Waals surface area contributed by atoms with Crippen molar-refractivity contribution in [1.82, 2.24) is 10.3 Å². The Kier molecular flexibility index (Phi) is 3.47. The van der Waals surface area contributed by atoms with E-state index in [0.717, 1.165) is 29.4 Å². The van der Waals surface area contributed by atoms with Crippen LogP contribution < -0.4 is 5.32 Å². The van der Waals surface area contributed by atoms with Crippen LogP contribution in [-0.4, -0.2) is 11.5 Å². The van der Waals surface area contributed by atoms with Gasteiger partial charge in [-0.3, -0.25) is 4.98 Å². The Labute approximate surface area is 94.5 Å². The van der Waals surface area contributed by atoms with Gasteiger partial charge >= 0.3 is 0 Å². The smallest absolute Gasteiger partial charge is 0.124 e. The number of nitrogens with zero attached hydrogens (tertiary/aromatic N) is 1. The lowest BCUT2D eigenvalue weighted by Crippen LogP contribution is -2.14. The third kappa shape index (κ3) is 2.36. The molecule has 0 saturated carbocycles. The molecule has 0 saturated heterocycles. The fraction of sp³-hybridized carbons (Fsp3) is 0.308. The molecule has 0 unspecified atom stereocenters. The molecule has 1 aromatic heterocycles. The van der Waals surface area contributed by atoms with E-state index in [1.165, 1.54) is 6.07 Å². The topological polar surface area (TPSA) is 24.9 Å². The molecule has 0 aliphatic heterocycles. The molecule has 2 rings (SSSR count). The number of hydrogen-bond acceptors (Lipinski definition) is 2. The van der Waals surface area contributed by atoms with Crippen LogP contribution in [0, 0.1) is 5.82 Å². The van der Waals surface area contributed by atoms with Gasteiger partial charge in [-0.15, -0.1) is 0 Å². The van der Waals surface area contributed by atoms with Gasteiger partial charge in [0.25, 0.3) is 0 Å². The maximum absolute atomic E-state index is 13.4. The van der Waals surface area contributed by atoms with Gasteiger partial charge in [0.1, 0.15) is 5.82 Å². The Hall–Kier alpha value is -1.48. The van der Waals surface area contributed by atoms with Crippen molar-refractivity contribution in [1.29, 1.82) is 0 Å². The summed E-state index contributed by atoms with van der Waals surface area (Å²) in [5.74, 6) is -0.200. The summed E-state index contributed by atoms with van der Waals surface area (Å²) in [7, 11) is 0. The molecule has 0 aliphatic carbocycles. The van der Waals surface area contributed by atoms with Gasteiger partial charge < -0.3 is 5.32 Å². The predicted octanol–water partition coefficient (Wildman–Crippen LogP) is 2.87. The van der Waals surface area contributed by atoms with E-state index in [-0.39, 0.29) is 5.82 Å². The zero-order valence-corrected chi connectivity index (χ0v) is 9.33. The molecule has 1 N–H and O–H groups in total. The molecule has 1 heterocycles. The van der Waals surface area contributed by atoms with E-state index >= 15 is 0 Å². The van der Waals surface area contributed by atoms with Crippen LogP contribution in [-0.2, 0) is 6.54 Å². The first-order valence-electron chi connectivity index (χ1n) is 5.55. The second-order valence-electron chi connectivity index (χ2n) is 3.82. The fourth-order valence-electron chi connectivity index (χ4n) is 1.76. The Morgan fingerprint density at radius 1 is 1.38 bits per heavy atom. The highest BCUT2D eigenvalue weighted by molar-refractivity contribution is 5.81. The molecule has 0 bridgehead atoms. The minimum atomic E-state index is -0.200. The number of rotatable bonds is 4. The van der Waals surface area contributed by atoms with E-state index in [2.05, 4.69) is 17.2 Å². The Balaban J connectivity index is 2.34. The molecule has 0 radical (unpaired) electrons. The summed E-state index contributed by atoms with van der Waals surface area (Å²) in [5, 5.41) is 4.12. The molecule has 16 heavy (non-hydrogen) atoms. The monoisotopic (exact) mass is 218 g/mol. The first-order valence-corrected chi connectivity index (χ1v) is 5.55. The normalized spacial score (nSPS) is 10.9. The number of nitrogens with one attached hydrogen (secondary N) is 1. The van der Waals surface area contributed by atoms with Crippen molar-refractivity contribution in [3.63, 3.8) is 0 Å². The zero-order valence-electron chi connectivity index (χ0n) is 9.33. The molecule has 3 heteroatoms. The molecule has 2 nitrogen and oxygen atoms in total. The summed E-state index contributed by atoms with van der Waals surface area (Å²) in [6, 6.07) is 6.78. The molecular weight excluding hydrogens is 203 g/mol. The lowest BCUT2D eigenvalue weighted by Gasteiger charge is -2.07. The van der Waals surface area contributed by atoms with Crippen LogP contribution in [0.3, 0.4) is 0 Å². The van der Waals surface area contributed by atoms with Crippen molar-refractivity contribution < 1.29 is 4.39 Å². The van der Waals surface area contributed by atoms with Crippen LogP contribution in [0.15, 0.2) is 30.5 Å². The molecule has 84 valence electrons. The number of fused-ring (bicyclic) bond motifs is 1. The molecule has 1 aromatic carbocycles. The minimum absolute atomic E-state index is 0.200. The second-order valence-corrected chi connectivity index (χ2v) is 3.82. The van der Waals surface area contributed by atoms with Crippen molar-refractivity contribution in [2.45, 2.75) is 19.9 Å². The highest BCUT2D eigenvalue weighted by Gasteiger charge is 2.04. The van der Waals surface area contributed by atoms with Gasteiger partial charge in [-0.1, -0.05) is 13.0 Å². The quantitative estimate of drug-likeness (QED) is 0.798. The SMILES string of the molecule is CCCNCc1cc(F)cc2cccnc12. The highest BCUT2D eigenvalue weighted by Crippen LogP contribution is 2.18. The molecule has 0 aliphatic rings. The van der Waals surface area contributed by atoms with Crippen molar-refractivity contribution in [3.05, 3.63) is 41.8 Å². The summed E-state index contributed by atoms with van der Waals surface area (Å²) in [5.41, 5.74) is 1.80. The Morgan fingerprint density at radius 3 is 3.06 bits per heavy atom. The lowest BCUT2D eigenvalue weighted by atomic mass is 10.1. The van der Waals surface area contributed by atoms with E-state index in [1.807, 2.05) is 12.1 Å². The van der Waals surface area contributed by atoms with Gasteiger partial charge in [0, 0.05) is 18.1 Å². The summed E-state index contributed by atoms with van der Waals surface area (Å²) in [4.78, 5) is 4.29. The molecule has 0 amide bonds. The maximum atomic E-state index is 13.4. The van der Waals surface area contributed by atoms with Crippen LogP contribution in [0.4, 0.5) is 4.39 Å². The largest absolute Gasteiger partial charge is 0.313 e. The van der Waals surface area contributed by atoms with Crippen LogP contribution in [0.1, 0.15) is 18.9 Å². The Bertz CT molecular complexity index is 482. The summed E-state index contributed by atoms with van der Waals surface area (Å²) in [6.45, 7) is 3.71. The molecular formula is C13H15FN2. The number of pyridine rings is 1.